The minimum atomic E-state index is -1.02. The summed E-state index contributed by atoms with van der Waals surface area (Å²) in [7, 11) is 0. The van der Waals surface area contributed by atoms with E-state index in [0.29, 0.717) is 12.8 Å². The summed E-state index contributed by atoms with van der Waals surface area (Å²) in [5.41, 5.74) is -1.84. The van der Waals surface area contributed by atoms with E-state index < -0.39 is 17.1 Å². The van der Waals surface area contributed by atoms with Gasteiger partial charge in [-0.05, 0) is 26.7 Å². The lowest BCUT2D eigenvalue weighted by atomic mass is 9.83. The van der Waals surface area contributed by atoms with E-state index in [0.717, 1.165) is 19.3 Å². The molecule has 2 amide bonds. The summed E-state index contributed by atoms with van der Waals surface area (Å²) >= 11 is 0. The van der Waals surface area contributed by atoms with E-state index in [-0.39, 0.29) is 0 Å². The molecular weight excluding hydrogens is 230 g/mol. The van der Waals surface area contributed by atoms with Gasteiger partial charge in [0.2, 0.25) is 0 Å². The fraction of sp³-hybridized carbons (Fsp3) is 0.750. The molecule has 0 spiro atoms. The number of rotatable bonds is 2. The topological polar surface area (TPSA) is 101 Å². The average molecular weight is 247 g/mol. The van der Waals surface area contributed by atoms with Gasteiger partial charge in [0.25, 0.3) is 0 Å². The van der Waals surface area contributed by atoms with E-state index in [1.165, 1.54) is 0 Å². The van der Waals surface area contributed by atoms with Crippen molar-refractivity contribution in [3.8, 4) is 12.1 Å². The monoisotopic (exact) mass is 247 g/mol. The minimum Gasteiger partial charge on any atom is -0.316 e. The molecule has 0 atom stereocenters. The van der Waals surface area contributed by atoms with Gasteiger partial charge in [0.15, 0.2) is 5.54 Å². The zero-order valence-corrected chi connectivity index (χ0v) is 10.7. The molecule has 1 aliphatic rings. The Morgan fingerprint density at radius 3 is 2.39 bits per heavy atom. The van der Waals surface area contributed by atoms with Gasteiger partial charge in [-0.25, -0.2) is 4.79 Å². The third kappa shape index (κ3) is 3.81. The van der Waals surface area contributed by atoms with E-state index in [1.807, 2.05) is 6.07 Å². The van der Waals surface area contributed by atoms with Crippen molar-refractivity contribution in [1.82, 2.24) is 5.32 Å². The van der Waals surface area contributed by atoms with Crippen LogP contribution in [0.5, 0.6) is 0 Å². The number of nitrogens with one attached hydrogen (secondary N) is 1. The molecule has 0 aromatic rings. The van der Waals surface area contributed by atoms with Crippen LogP contribution in [0.1, 0.15) is 46.0 Å². The van der Waals surface area contributed by atoms with Crippen LogP contribution in [0.2, 0.25) is 0 Å². The standard InChI is InChI=1S/C12H17N5O/c1-11(2,8-13)17-16-10(18)15-12(9-14)6-4-3-5-7-12/h3-7H2,1-2H3,(H,15,18). The zero-order chi connectivity index (χ0) is 13.6. The molecular formula is C12H17N5O. The zero-order valence-electron chi connectivity index (χ0n) is 10.7. The lowest BCUT2D eigenvalue weighted by Gasteiger charge is -2.30. The largest absolute Gasteiger partial charge is 0.360 e. The first-order valence-electron chi connectivity index (χ1n) is 6.01. The highest BCUT2D eigenvalue weighted by molar-refractivity contribution is 5.75. The maximum atomic E-state index is 11.6. The molecule has 18 heavy (non-hydrogen) atoms. The molecule has 1 rings (SSSR count). The second-order valence-corrected chi connectivity index (χ2v) is 5.06. The molecule has 6 nitrogen and oxygen atoms in total. The van der Waals surface area contributed by atoms with Crippen LogP contribution >= 0.6 is 0 Å². The molecule has 0 bridgehead atoms. The maximum Gasteiger partial charge on any atom is 0.360 e. The van der Waals surface area contributed by atoms with Crippen molar-refractivity contribution in [1.29, 1.82) is 10.5 Å². The molecule has 0 aromatic heterocycles. The molecule has 6 heteroatoms. The third-order valence-electron chi connectivity index (χ3n) is 2.93. The molecule has 1 saturated carbocycles. The number of nitriles is 2. The van der Waals surface area contributed by atoms with Crippen LogP contribution in [0, 0.1) is 22.7 Å². The maximum absolute atomic E-state index is 11.6. The highest BCUT2D eigenvalue weighted by Gasteiger charge is 2.33. The lowest BCUT2D eigenvalue weighted by molar-refractivity contribution is 0.228. The fourth-order valence-electron chi connectivity index (χ4n) is 1.84. The van der Waals surface area contributed by atoms with Crippen molar-refractivity contribution in [2.75, 3.05) is 0 Å². The predicted octanol–water partition coefficient (Wildman–Crippen LogP) is 2.68. The summed E-state index contributed by atoms with van der Waals surface area (Å²) in [5.74, 6) is 0. The number of hydrogen-bond donors (Lipinski definition) is 1. The van der Waals surface area contributed by atoms with Crippen molar-refractivity contribution in [3.63, 3.8) is 0 Å². The van der Waals surface area contributed by atoms with Gasteiger partial charge < -0.3 is 5.32 Å². The Kier molecular flexibility index (Phi) is 4.38. The first kappa shape index (κ1) is 14.1. The van der Waals surface area contributed by atoms with Crippen LogP contribution in [0.3, 0.4) is 0 Å². The molecule has 1 fully saturated rings. The molecule has 0 radical (unpaired) electrons. The van der Waals surface area contributed by atoms with Gasteiger partial charge in [-0.3, -0.25) is 0 Å². The molecule has 0 heterocycles. The minimum absolute atomic E-state index is 0.645. The van der Waals surface area contributed by atoms with E-state index in [4.69, 9.17) is 5.26 Å². The number of carbonyl (C=O) groups is 1. The van der Waals surface area contributed by atoms with Gasteiger partial charge in [-0.2, -0.15) is 15.6 Å². The quantitative estimate of drug-likeness (QED) is 0.759. The Morgan fingerprint density at radius 2 is 1.89 bits per heavy atom. The number of urea groups is 1. The summed E-state index contributed by atoms with van der Waals surface area (Å²) in [6.45, 7) is 3.12. The van der Waals surface area contributed by atoms with E-state index in [1.54, 1.807) is 13.8 Å². The number of azo groups is 1. The van der Waals surface area contributed by atoms with Gasteiger partial charge in [0, 0.05) is 0 Å². The predicted molar refractivity (Wildman–Crippen MR) is 64.5 cm³/mol. The number of carbonyl (C=O) groups excluding carboxylic acids is 1. The normalized spacial score (nSPS) is 18.9. The summed E-state index contributed by atoms with van der Waals surface area (Å²) in [4.78, 5) is 11.6. The Morgan fingerprint density at radius 1 is 1.28 bits per heavy atom. The molecule has 0 aromatic carbocycles. The van der Waals surface area contributed by atoms with Crippen LogP contribution in [0.4, 0.5) is 4.79 Å². The Labute approximate surface area is 107 Å². The smallest absolute Gasteiger partial charge is 0.316 e. The summed E-state index contributed by atoms with van der Waals surface area (Å²) < 4.78 is 0. The average Bonchev–Trinajstić information content (AvgIpc) is 2.38. The van der Waals surface area contributed by atoms with Crippen LogP contribution < -0.4 is 5.32 Å². The fourth-order valence-corrected chi connectivity index (χ4v) is 1.84. The van der Waals surface area contributed by atoms with Crippen molar-refractivity contribution >= 4 is 6.03 Å². The first-order valence-corrected chi connectivity index (χ1v) is 6.01. The van der Waals surface area contributed by atoms with Crippen LogP contribution in [0.15, 0.2) is 10.2 Å². The van der Waals surface area contributed by atoms with Gasteiger partial charge >= 0.3 is 6.03 Å². The van der Waals surface area contributed by atoms with E-state index in [9.17, 15) is 10.1 Å². The van der Waals surface area contributed by atoms with E-state index >= 15 is 0 Å². The molecule has 1 N–H and O–H groups in total. The van der Waals surface area contributed by atoms with Crippen molar-refractivity contribution in [3.05, 3.63) is 0 Å². The van der Waals surface area contributed by atoms with Crippen molar-refractivity contribution in [2.45, 2.75) is 57.0 Å². The summed E-state index contributed by atoms with van der Waals surface area (Å²) in [6.07, 6.45) is 4.23. The number of hydrogen-bond acceptors (Lipinski definition) is 4. The van der Waals surface area contributed by atoms with Crippen LogP contribution in [-0.4, -0.2) is 17.1 Å². The highest BCUT2D eigenvalue weighted by atomic mass is 16.2. The Bertz CT molecular complexity index is 421. The molecule has 0 aliphatic heterocycles. The second-order valence-electron chi connectivity index (χ2n) is 5.06. The van der Waals surface area contributed by atoms with Gasteiger partial charge in [0.1, 0.15) is 5.54 Å². The van der Waals surface area contributed by atoms with Crippen molar-refractivity contribution in [2.24, 2.45) is 10.2 Å². The second kappa shape index (κ2) is 5.59. The Balaban J connectivity index is 2.64. The summed E-state index contributed by atoms with van der Waals surface area (Å²) in [6, 6.07) is 3.43. The van der Waals surface area contributed by atoms with Gasteiger partial charge in [-0.15, -0.1) is 0 Å². The highest BCUT2D eigenvalue weighted by Crippen LogP contribution is 2.27. The molecule has 0 unspecified atom stereocenters. The van der Waals surface area contributed by atoms with Crippen LogP contribution in [-0.2, 0) is 0 Å². The summed E-state index contributed by atoms with van der Waals surface area (Å²) in [5, 5.41) is 27.6. The van der Waals surface area contributed by atoms with Gasteiger partial charge in [0.05, 0.1) is 12.1 Å². The lowest BCUT2D eigenvalue weighted by Crippen LogP contribution is -2.47. The van der Waals surface area contributed by atoms with Crippen molar-refractivity contribution < 1.29 is 4.79 Å². The first-order chi connectivity index (χ1) is 8.43. The third-order valence-corrected chi connectivity index (χ3v) is 2.93. The molecule has 0 saturated heterocycles. The number of nitrogens with zero attached hydrogens (tertiary/aromatic N) is 4. The SMILES string of the molecule is CC(C)(C#N)N=NC(=O)NC1(C#N)CCCCC1. The molecule has 96 valence electrons. The van der Waals surface area contributed by atoms with E-state index in [2.05, 4.69) is 21.6 Å². The van der Waals surface area contributed by atoms with Crippen LogP contribution in [0.25, 0.3) is 0 Å². The Hall–Kier alpha value is -1.95. The number of amides is 2. The van der Waals surface area contributed by atoms with Gasteiger partial charge in [-0.1, -0.05) is 24.4 Å². The molecule has 1 aliphatic carbocycles.